The maximum absolute atomic E-state index is 11.3. The van der Waals surface area contributed by atoms with Crippen molar-refractivity contribution in [2.45, 2.75) is 13.0 Å². The van der Waals surface area contributed by atoms with E-state index in [1.807, 2.05) is 11.6 Å². The summed E-state index contributed by atoms with van der Waals surface area (Å²) < 4.78 is 1.98. The Morgan fingerprint density at radius 3 is 2.58 bits per heavy atom. The molecule has 0 bridgehead atoms. The lowest BCUT2D eigenvalue weighted by Gasteiger charge is -2.16. The smallest absolute Gasteiger partial charge is 0.227 e. The molecule has 2 N–H and O–H groups in total. The predicted octanol–water partition coefficient (Wildman–Crippen LogP) is 0.855. The number of hydrogen-bond acceptors (Lipinski definition) is 5. The molecule has 24 heavy (non-hydrogen) atoms. The summed E-state index contributed by atoms with van der Waals surface area (Å²) in [6.45, 7) is 2.30. The summed E-state index contributed by atoms with van der Waals surface area (Å²) in [7, 11) is 6.06. The lowest BCUT2D eigenvalue weighted by atomic mass is 10.1. The molecule has 7 nitrogen and oxygen atoms in total. The molecule has 1 amide bonds. The molecule has 2 heterocycles. The number of rotatable bonds is 5. The SMILES string of the molecule is CN(C)Cc1ccc(-c2nnc(N3CCC(C(N)=O)C3)n2C)cc1. The highest BCUT2D eigenvalue weighted by molar-refractivity contribution is 5.78. The van der Waals surface area contributed by atoms with E-state index in [-0.39, 0.29) is 11.8 Å². The van der Waals surface area contributed by atoms with Crippen molar-refractivity contribution in [3.8, 4) is 11.4 Å². The molecule has 3 rings (SSSR count). The van der Waals surface area contributed by atoms with Gasteiger partial charge in [0, 0.05) is 32.2 Å². The van der Waals surface area contributed by atoms with Crippen LogP contribution < -0.4 is 10.6 Å². The molecule has 1 aromatic carbocycles. The summed E-state index contributed by atoms with van der Waals surface area (Å²) >= 11 is 0. The van der Waals surface area contributed by atoms with Crippen LogP contribution in [-0.2, 0) is 18.4 Å². The fourth-order valence-corrected chi connectivity index (χ4v) is 3.15. The van der Waals surface area contributed by atoms with Gasteiger partial charge in [0.15, 0.2) is 5.82 Å². The first-order valence-corrected chi connectivity index (χ1v) is 8.13. The van der Waals surface area contributed by atoms with E-state index in [0.717, 1.165) is 36.8 Å². The van der Waals surface area contributed by atoms with Crippen LogP contribution in [0.3, 0.4) is 0 Å². The lowest BCUT2D eigenvalue weighted by Crippen LogP contribution is -2.28. The summed E-state index contributed by atoms with van der Waals surface area (Å²) in [6.07, 6.45) is 0.775. The molecule has 1 aliphatic rings. The Labute approximate surface area is 142 Å². The largest absolute Gasteiger partial charge is 0.369 e. The second-order valence-electron chi connectivity index (χ2n) is 6.65. The van der Waals surface area contributed by atoms with Crippen molar-refractivity contribution in [3.63, 3.8) is 0 Å². The van der Waals surface area contributed by atoms with Gasteiger partial charge >= 0.3 is 0 Å². The van der Waals surface area contributed by atoms with Gasteiger partial charge < -0.3 is 15.5 Å². The normalized spacial score (nSPS) is 17.7. The number of nitrogens with two attached hydrogens (primary N) is 1. The van der Waals surface area contributed by atoms with Crippen LogP contribution >= 0.6 is 0 Å². The molecule has 1 atom stereocenters. The van der Waals surface area contributed by atoms with Gasteiger partial charge in [0.05, 0.1) is 5.92 Å². The van der Waals surface area contributed by atoms with Crippen molar-refractivity contribution >= 4 is 11.9 Å². The third-order valence-electron chi connectivity index (χ3n) is 4.44. The molecule has 7 heteroatoms. The van der Waals surface area contributed by atoms with Gasteiger partial charge in [-0.3, -0.25) is 9.36 Å². The van der Waals surface area contributed by atoms with Gasteiger partial charge in [-0.2, -0.15) is 0 Å². The summed E-state index contributed by atoms with van der Waals surface area (Å²) in [6, 6.07) is 8.37. The van der Waals surface area contributed by atoms with Crippen molar-refractivity contribution in [2.24, 2.45) is 18.7 Å². The van der Waals surface area contributed by atoms with Crippen LogP contribution in [0.25, 0.3) is 11.4 Å². The minimum absolute atomic E-state index is 0.101. The topological polar surface area (TPSA) is 80.3 Å². The van der Waals surface area contributed by atoms with E-state index in [0.29, 0.717) is 6.54 Å². The molecule has 1 unspecified atom stereocenters. The molecule has 0 aliphatic carbocycles. The van der Waals surface area contributed by atoms with Crippen LogP contribution in [0, 0.1) is 5.92 Å². The second kappa shape index (κ2) is 6.60. The van der Waals surface area contributed by atoms with Crippen molar-refractivity contribution in [1.82, 2.24) is 19.7 Å². The highest BCUT2D eigenvalue weighted by atomic mass is 16.1. The molecule has 1 saturated heterocycles. The average Bonchev–Trinajstić information content (AvgIpc) is 3.14. The molecule has 2 aromatic rings. The van der Waals surface area contributed by atoms with Crippen LogP contribution in [0.1, 0.15) is 12.0 Å². The first-order valence-electron chi connectivity index (χ1n) is 8.13. The maximum Gasteiger partial charge on any atom is 0.227 e. The number of carbonyl (C=O) groups is 1. The molecule has 0 radical (unpaired) electrons. The first kappa shape index (κ1) is 16.4. The number of carbonyl (C=O) groups excluding carboxylic acids is 1. The van der Waals surface area contributed by atoms with Crippen LogP contribution in [0.4, 0.5) is 5.95 Å². The Hall–Kier alpha value is -2.41. The number of amides is 1. The minimum Gasteiger partial charge on any atom is -0.369 e. The number of nitrogens with zero attached hydrogens (tertiary/aromatic N) is 5. The van der Waals surface area contributed by atoms with Crippen molar-refractivity contribution in [2.75, 3.05) is 32.1 Å². The van der Waals surface area contributed by atoms with Crippen molar-refractivity contribution in [1.29, 1.82) is 0 Å². The molecule has 1 aliphatic heterocycles. The summed E-state index contributed by atoms with van der Waals surface area (Å²) in [5.41, 5.74) is 7.70. The fourth-order valence-electron chi connectivity index (χ4n) is 3.15. The second-order valence-corrected chi connectivity index (χ2v) is 6.65. The zero-order valence-electron chi connectivity index (χ0n) is 14.4. The zero-order valence-corrected chi connectivity index (χ0v) is 14.4. The summed E-state index contributed by atoms with van der Waals surface area (Å²) in [4.78, 5) is 15.6. The van der Waals surface area contributed by atoms with Gasteiger partial charge in [0.25, 0.3) is 0 Å². The summed E-state index contributed by atoms with van der Waals surface area (Å²) in [5, 5.41) is 8.65. The molecule has 128 valence electrons. The highest BCUT2D eigenvalue weighted by Gasteiger charge is 2.29. The van der Waals surface area contributed by atoms with E-state index in [2.05, 4.69) is 58.4 Å². The number of anilines is 1. The third-order valence-corrected chi connectivity index (χ3v) is 4.44. The number of benzene rings is 1. The van der Waals surface area contributed by atoms with E-state index < -0.39 is 0 Å². The fraction of sp³-hybridized carbons (Fsp3) is 0.471. The molecule has 0 spiro atoms. The van der Waals surface area contributed by atoms with Crippen molar-refractivity contribution < 1.29 is 4.79 Å². The van der Waals surface area contributed by atoms with Crippen LogP contribution in [0.2, 0.25) is 0 Å². The van der Waals surface area contributed by atoms with Crippen LogP contribution in [-0.4, -0.2) is 52.8 Å². The van der Waals surface area contributed by atoms with Gasteiger partial charge in [-0.25, -0.2) is 0 Å². The van der Waals surface area contributed by atoms with E-state index in [9.17, 15) is 4.79 Å². The van der Waals surface area contributed by atoms with Crippen LogP contribution in [0.15, 0.2) is 24.3 Å². The lowest BCUT2D eigenvalue weighted by molar-refractivity contribution is -0.121. The minimum atomic E-state index is -0.239. The third kappa shape index (κ3) is 3.26. The molecule has 1 aromatic heterocycles. The van der Waals surface area contributed by atoms with Gasteiger partial charge in [0.2, 0.25) is 11.9 Å². The van der Waals surface area contributed by atoms with Gasteiger partial charge in [-0.1, -0.05) is 24.3 Å². The Kier molecular flexibility index (Phi) is 4.53. The van der Waals surface area contributed by atoms with Gasteiger partial charge in [0.1, 0.15) is 0 Å². The van der Waals surface area contributed by atoms with Crippen molar-refractivity contribution in [3.05, 3.63) is 29.8 Å². The quantitative estimate of drug-likeness (QED) is 0.880. The van der Waals surface area contributed by atoms with E-state index in [1.54, 1.807) is 0 Å². The average molecular weight is 328 g/mol. The maximum atomic E-state index is 11.3. The monoisotopic (exact) mass is 328 g/mol. The Morgan fingerprint density at radius 1 is 1.29 bits per heavy atom. The Morgan fingerprint density at radius 2 is 2.00 bits per heavy atom. The number of hydrogen-bond donors (Lipinski definition) is 1. The Balaban J connectivity index is 1.79. The number of primary amides is 1. The van der Waals surface area contributed by atoms with E-state index in [4.69, 9.17) is 5.73 Å². The zero-order chi connectivity index (χ0) is 17.3. The first-order chi connectivity index (χ1) is 11.5. The van der Waals surface area contributed by atoms with Gasteiger partial charge in [-0.15, -0.1) is 10.2 Å². The number of aromatic nitrogens is 3. The van der Waals surface area contributed by atoms with E-state index in [1.165, 1.54) is 5.56 Å². The highest BCUT2D eigenvalue weighted by Crippen LogP contribution is 2.26. The molecule has 0 saturated carbocycles. The predicted molar refractivity (Wildman–Crippen MR) is 93.3 cm³/mol. The molecule has 1 fully saturated rings. The molecular formula is C17H24N6O. The van der Waals surface area contributed by atoms with Crippen LogP contribution in [0.5, 0.6) is 0 Å². The van der Waals surface area contributed by atoms with E-state index >= 15 is 0 Å². The summed E-state index contributed by atoms with van der Waals surface area (Å²) in [5.74, 6) is 1.27. The Bertz CT molecular complexity index is 721. The molecular weight excluding hydrogens is 304 g/mol. The van der Waals surface area contributed by atoms with Gasteiger partial charge in [-0.05, 0) is 26.1 Å². The standard InChI is InChI=1S/C17H24N6O/c1-21(2)10-12-4-6-13(7-5-12)16-19-20-17(22(16)3)23-9-8-14(11-23)15(18)24/h4-7,14H,8-11H2,1-3H3,(H2,18,24).